The standard InChI is InChI=1S/C16H20FNO4/c1-16(2,3)18(10-11-5-7-12(17)8-6-11)14(20)9-13(19)15(21)22-4/h5-9,19H,10H2,1-4H3/b13-9-. The Labute approximate surface area is 129 Å². The monoisotopic (exact) mass is 309 g/mol. The van der Waals surface area contributed by atoms with Crippen LogP contribution in [0.15, 0.2) is 36.1 Å². The number of ether oxygens (including phenoxy) is 1. The predicted molar refractivity (Wildman–Crippen MR) is 79.4 cm³/mol. The summed E-state index contributed by atoms with van der Waals surface area (Å²) in [6.45, 7) is 5.67. The number of aliphatic hydroxyl groups is 1. The van der Waals surface area contributed by atoms with Crippen molar-refractivity contribution in [1.29, 1.82) is 0 Å². The Bertz CT molecular complexity index is 573. The summed E-state index contributed by atoms with van der Waals surface area (Å²) in [5.74, 6) is -2.65. The molecule has 1 aromatic rings. The van der Waals surface area contributed by atoms with Crippen molar-refractivity contribution in [2.45, 2.75) is 32.9 Å². The lowest BCUT2D eigenvalue weighted by molar-refractivity contribution is -0.140. The molecule has 0 fully saturated rings. The lowest BCUT2D eigenvalue weighted by Gasteiger charge is -2.35. The molecule has 22 heavy (non-hydrogen) atoms. The van der Waals surface area contributed by atoms with Gasteiger partial charge in [0.25, 0.3) is 5.91 Å². The van der Waals surface area contributed by atoms with E-state index in [2.05, 4.69) is 4.74 Å². The zero-order valence-corrected chi connectivity index (χ0v) is 13.1. The van der Waals surface area contributed by atoms with E-state index in [0.29, 0.717) is 0 Å². The van der Waals surface area contributed by atoms with Crippen LogP contribution in [0.1, 0.15) is 26.3 Å². The molecule has 120 valence electrons. The summed E-state index contributed by atoms with van der Waals surface area (Å²) in [5.41, 5.74) is 0.175. The molecule has 0 spiro atoms. The molecule has 5 nitrogen and oxygen atoms in total. The minimum Gasteiger partial charge on any atom is -0.502 e. The number of hydrogen-bond donors (Lipinski definition) is 1. The first-order chi connectivity index (χ1) is 10.1. The van der Waals surface area contributed by atoms with E-state index in [9.17, 15) is 19.1 Å². The highest BCUT2D eigenvalue weighted by Gasteiger charge is 2.26. The fraction of sp³-hybridized carbons (Fsp3) is 0.375. The van der Waals surface area contributed by atoms with Crippen LogP contribution in [0, 0.1) is 5.82 Å². The van der Waals surface area contributed by atoms with Gasteiger partial charge in [-0.1, -0.05) is 12.1 Å². The lowest BCUT2D eigenvalue weighted by Crippen LogP contribution is -2.44. The molecule has 1 rings (SSSR count). The van der Waals surface area contributed by atoms with Crippen molar-refractivity contribution in [3.63, 3.8) is 0 Å². The lowest BCUT2D eigenvalue weighted by atomic mass is 10.0. The van der Waals surface area contributed by atoms with Crippen LogP contribution in [0.3, 0.4) is 0 Å². The number of halogens is 1. The molecule has 0 saturated heterocycles. The van der Waals surface area contributed by atoms with E-state index in [4.69, 9.17) is 0 Å². The Hall–Kier alpha value is -2.37. The van der Waals surface area contributed by atoms with Crippen molar-refractivity contribution in [3.05, 3.63) is 47.5 Å². The number of hydrogen-bond acceptors (Lipinski definition) is 4. The molecule has 0 bridgehead atoms. The van der Waals surface area contributed by atoms with Crippen LogP contribution in [0.2, 0.25) is 0 Å². The highest BCUT2D eigenvalue weighted by molar-refractivity contribution is 5.97. The second kappa shape index (κ2) is 7.06. The predicted octanol–water partition coefficient (Wildman–Crippen LogP) is 2.57. The molecule has 0 aliphatic carbocycles. The first-order valence-electron chi connectivity index (χ1n) is 6.70. The summed E-state index contributed by atoms with van der Waals surface area (Å²) >= 11 is 0. The first-order valence-corrected chi connectivity index (χ1v) is 6.70. The van der Waals surface area contributed by atoms with Crippen molar-refractivity contribution in [2.24, 2.45) is 0 Å². The van der Waals surface area contributed by atoms with Gasteiger partial charge in [0.2, 0.25) is 5.76 Å². The van der Waals surface area contributed by atoms with E-state index in [1.807, 2.05) is 20.8 Å². The van der Waals surface area contributed by atoms with Gasteiger partial charge in [-0.05, 0) is 38.5 Å². The number of aliphatic hydroxyl groups excluding tert-OH is 1. The van der Waals surface area contributed by atoms with Gasteiger partial charge < -0.3 is 14.7 Å². The average molecular weight is 309 g/mol. The van der Waals surface area contributed by atoms with Crippen LogP contribution in [-0.2, 0) is 20.9 Å². The van der Waals surface area contributed by atoms with E-state index in [-0.39, 0.29) is 12.4 Å². The van der Waals surface area contributed by atoms with Crippen LogP contribution in [-0.4, -0.2) is 34.5 Å². The largest absolute Gasteiger partial charge is 0.502 e. The van der Waals surface area contributed by atoms with Gasteiger partial charge >= 0.3 is 5.97 Å². The summed E-state index contributed by atoms with van der Waals surface area (Å²) in [5, 5.41) is 9.49. The molecule has 0 atom stereocenters. The molecule has 0 heterocycles. The zero-order chi connectivity index (χ0) is 16.9. The maximum atomic E-state index is 12.9. The maximum absolute atomic E-state index is 12.9. The number of methoxy groups -OCH3 is 1. The maximum Gasteiger partial charge on any atom is 0.373 e. The fourth-order valence-electron chi connectivity index (χ4n) is 1.78. The van der Waals surface area contributed by atoms with Crippen molar-refractivity contribution in [1.82, 2.24) is 4.90 Å². The number of nitrogens with zero attached hydrogens (tertiary/aromatic N) is 1. The Morgan fingerprint density at radius 1 is 1.27 bits per heavy atom. The molecule has 1 aromatic carbocycles. The van der Waals surface area contributed by atoms with E-state index < -0.39 is 23.2 Å². The van der Waals surface area contributed by atoms with Crippen LogP contribution < -0.4 is 0 Å². The normalized spacial score (nSPS) is 12.0. The minimum absolute atomic E-state index is 0.216. The zero-order valence-electron chi connectivity index (χ0n) is 13.1. The van der Waals surface area contributed by atoms with E-state index in [1.165, 1.54) is 17.0 Å². The Kier molecular flexibility index (Phi) is 5.68. The smallest absolute Gasteiger partial charge is 0.373 e. The van der Waals surface area contributed by atoms with Gasteiger partial charge in [-0.15, -0.1) is 0 Å². The second-order valence-electron chi connectivity index (χ2n) is 5.74. The Morgan fingerprint density at radius 2 is 1.82 bits per heavy atom. The number of carbonyl (C=O) groups is 2. The van der Waals surface area contributed by atoms with Crippen molar-refractivity contribution >= 4 is 11.9 Å². The molecule has 1 amide bonds. The van der Waals surface area contributed by atoms with Gasteiger partial charge in [0.1, 0.15) is 5.82 Å². The van der Waals surface area contributed by atoms with Crippen molar-refractivity contribution in [2.75, 3.05) is 7.11 Å². The SMILES string of the molecule is COC(=O)/C(O)=C/C(=O)N(Cc1ccc(F)cc1)C(C)(C)C. The average Bonchev–Trinajstić information content (AvgIpc) is 2.44. The Morgan fingerprint density at radius 3 is 2.27 bits per heavy atom. The molecule has 1 N–H and O–H groups in total. The number of esters is 1. The number of carbonyl (C=O) groups excluding carboxylic acids is 2. The second-order valence-corrected chi connectivity index (χ2v) is 5.74. The van der Waals surface area contributed by atoms with Gasteiger partial charge in [-0.2, -0.15) is 0 Å². The fourth-order valence-corrected chi connectivity index (χ4v) is 1.78. The van der Waals surface area contributed by atoms with Gasteiger partial charge in [-0.25, -0.2) is 9.18 Å². The van der Waals surface area contributed by atoms with E-state index in [0.717, 1.165) is 18.7 Å². The van der Waals surface area contributed by atoms with Crippen LogP contribution in [0.4, 0.5) is 4.39 Å². The quantitative estimate of drug-likeness (QED) is 0.527. The van der Waals surface area contributed by atoms with Crippen LogP contribution >= 0.6 is 0 Å². The summed E-state index contributed by atoms with van der Waals surface area (Å²) in [4.78, 5) is 24.9. The van der Waals surface area contributed by atoms with E-state index in [1.54, 1.807) is 12.1 Å². The highest BCUT2D eigenvalue weighted by atomic mass is 19.1. The number of amides is 1. The van der Waals surface area contributed by atoms with Crippen molar-refractivity contribution in [3.8, 4) is 0 Å². The molecule has 0 aromatic heterocycles. The molecule has 0 radical (unpaired) electrons. The first kappa shape index (κ1) is 17.7. The number of benzene rings is 1. The van der Waals surface area contributed by atoms with Crippen LogP contribution in [0.25, 0.3) is 0 Å². The summed E-state index contributed by atoms with van der Waals surface area (Å²) < 4.78 is 17.3. The van der Waals surface area contributed by atoms with E-state index >= 15 is 0 Å². The topological polar surface area (TPSA) is 66.8 Å². The third-order valence-corrected chi connectivity index (χ3v) is 2.98. The molecular formula is C16H20FNO4. The summed E-state index contributed by atoms with van der Waals surface area (Å²) in [6, 6.07) is 5.77. The Balaban J connectivity index is 3.01. The minimum atomic E-state index is -0.982. The van der Waals surface area contributed by atoms with Gasteiger partial charge in [0, 0.05) is 12.1 Å². The molecule has 0 saturated carbocycles. The van der Waals surface area contributed by atoms with Gasteiger partial charge in [0.15, 0.2) is 0 Å². The van der Waals surface area contributed by atoms with Gasteiger partial charge in [-0.3, -0.25) is 4.79 Å². The third kappa shape index (κ3) is 4.87. The molecule has 0 unspecified atom stereocenters. The summed E-state index contributed by atoms with van der Waals surface area (Å²) in [7, 11) is 1.11. The number of rotatable bonds is 4. The van der Waals surface area contributed by atoms with Crippen molar-refractivity contribution < 1.29 is 23.8 Å². The molecule has 0 aliphatic rings. The molecular weight excluding hydrogens is 289 g/mol. The highest BCUT2D eigenvalue weighted by Crippen LogP contribution is 2.19. The molecule has 6 heteroatoms. The van der Waals surface area contributed by atoms with Crippen LogP contribution in [0.5, 0.6) is 0 Å². The molecule has 0 aliphatic heterocycles. The third-order valence-electron chi connectivity index (χ3n) is 2.98. The summed E-state index contributed by atoms with van der Waals surface area (Å²) in [6.07, 6.45) is 0.820. The van der Waals surface area contributed by atoms with Gasteiger partial charge in [0.05, 0.1) is 13.2 Å².